The van der Waals surface area contributed by atoms with Crippen LogP contribution in [0.2, 0.25) is 0 Å². The van der Waals surface area contributed by atoms with Crippen molar-refractivity contribution in [1.82, 2.24) is 19.9 Å². The van der Waals surface area contributed by atoms with E-state index < -0.39 is 74.1 Å². The molecule has 2 heterocycles. The number of carbonyl (C=O) groups is 5. The molecule has 0 spiro atoms. The fourth-order valence-corrected chi connectivity index (χ4v) is 5.13. The van der Waals surface area contributed by atoms with Crippen molar-refractivity contribution >= 4 is 109 Å². The van der Waals surface area contributed by atoms with Gasteiger partial charge in [0.2, 0.25) is 17.4 Å². The van der Waals surface area contributed by atoms with E-state index in [2.05, 4.69) is 26.1 Å². The maximum atomic E-state index is 13.3. The zero-order valence-electron chi connectivity index (χ0n) is 23.4. The number of oxime groups is 1. The van der Waals surface area contributed by atoms with Crippen molar-refractivity contribution in [2.24, 2.45) is 5.16 Å². The number of carbonyl (C=O) groups excluding carboxylic acids is 5. The molecule has 2 atom stereocenters. The van der Waals surface area contributed by atoms with Gasteiger partial charge < -0.3 is 25.5 Å². The number of rotatable bonds is 13. The number of β-lactam (4-membered cyclic amide) rings is 1. The second-order valence-corrected chi connectivity index (χ2v) is 11.8. The van der Waals surface area contributed by atoms with E-state index in [0.717, 1.165) is 18.4 Å². The number of nitro groups is 1. The van der Waals surface area contributed by atoms with Crippen LogP contribution in [0, 0.1) is 10.1 Å². The predicted octanol–water partition coefficient (Wildman–Crippen LogP) is -0.933. The summed E-state index contributed by atoms with van der Waals surface area (Å²) in [6.45, 7) is 2.17. The molecule has 1 aliphatic heterocycles. The molecule has 1 aromatic heterocycles. The molecule has 1 saturated heterocycles. The Kier molecular flexibility index (Phi) is 13.1. The van der Waals surface area contributed by atoms with Gasteiger partial charge in [0.25, 0.3) is 17.5 Å². The molecular weight excluding hydrogens is 689 g/mol. The molecule has 19 nitrogen and oxygen atoms in total. The van der Waals surface area contributed by atoms with Gasteiger partial charge in [0, 0.05) is 24.6 Å². The van der Waals surface area contributed by atoms with E-state index in [1.165, 1.54) is 43.5 Å². The van der Waals surface area contributed by atoms with Crippen LogP contribution >= 0.6 is 22.9 Å². The first kappa shape index (κ1) is 38.5. The average Bonchev–Trinajstić information content (AvgIpc) is 3.43. The second-order valence-electron chi connectivity index (χ2n) is 9.38. The van der Waals surface area contributed by atoms with Gasteiger partial charge in [0.15, 0.2) is 16.9 Å². The van der Waals surface area contributed by atoms with E-state index in [1.54, 1.807) is 0 Å². The van der Waals surface area contributed by atoms with Gasteiger partial charge in [-0.1, -0.05) is 5.16 Å². The number of anilines is 1. The van der Waals surface area contributed by atoms with Crippen LogP contribution in [0.1, 0.15) is 25.1 Å². The number of hydrogen-bond acceptors (Lipinski definition) is 14. The van der Waals surface area contributed by atoms with Crippen LogP contribution < -0.4 is 16.0 Å². The third kappa shape index (κ3) is 9.18. The van der Waals surface area contributed by atoms with Crippen molar-refractivity contribution < 1.29 is 51.4 Å². The van der Waals surface area contributed by atoms with Crippen LogP contribution in [0.5, 0.6) is 0 Å². The van der Waals surface area contributed by atoms with Crippen LogP contribution in [0.15, 0.2) is 34.8 Å². The number of non-ortho nitro benzene ring substituents is 1. The first-order chi connectivity index (χ1) is 21.0. The summed E-state index contributed by atoms with van der Waals surface area (Å²) >= 11 is 6.32. The summed E-state index contributed by atoms with van der Waals surface area (Å²) < 4.78 is 37.7. The fraction of sp³-hybridized carbons (Fsp3) is 0.348. The number of halogens is 1. The summed E-state index contributed by atoms with van der Waals surface area (Å²) in [6, 6.07) is 1.55. The van der Waals surface area contributed by atoms with E-state index in [0.29, 0.717) is 5.56 Å². The van der Waals surface area contributed by atoms with Gasteiger partial charge in [0.1, 0.15) is 24.2 Å². The zero-order chi connectivity index (χ0) is 33.7. The first-order valence-corrected chi connectivity index (χ1v) is 15.1. The number of thiazole rings is 1. The maximum absolute atomic E-state index is 13.3. The van der Waals surface area contributed by atoms with Gasteiger partial charge in [-0.15, -0.1) is 22.9 Å². The Bertz CT molecular complexity index is 1670. The number of alkyl halides is 1. The van der Waals surface area contributed by atoms with Crippen LogP contribution in [0.25, 0.3) is 0 Å². The summed E-state index contributed by atoms with van der Waals surface area (Å²) in [4.78, 5) is 82.1. The molecule has 1 fully saturated rings. The molecule has 0 saturated carbocycles. The standard InChI is InChI=1S/C23H24ClN7O12S2.Na.H/c1-23(2,21(36)42-9-11-4-6-12(7-5-11)31(37)38)43-29-15(13-10-44-22(26-13)27-14(32)8-24)18(33)28-16-17(19(34)25-3)30(20(16)35)45(39,40)41;;/h4-7,10,16-17H,8-9H2,1-3H3,(H,25,34)(H,28,33)(H,26,27,32)(H,39,40,41);;/b29-15-;;. The van der Waals surface area contributed by atoms with Crippen molar-refractivity contribution in [1.29, 1.82) is 0 Å². The Balaban J connectivity index is 0.00000736. The molecule has 46 heavy (non-hydrogen) atoms. The Morgan fingerprint density at radius 3 is 2.41 bits per heavy atom. The number of likely N-dealkylation sites (N-methyl/N-ethyl adjacent to an activating group) is 1. The quantitative estimate of drug-likeness (QED) is 0.0286. The number of nitro benzene ring substituents is 1. The molecule has 1 aromatic carbocycles. The van der Waals surface area contributed by atoms with Gasteiger partial charge in [-0.25, -0.2) is 9.78 Å². The SMILES string of the molecule is CNC(=O)C1C(NC(=O)/C(=N\OC(C)(C)C(=O)OCc2ccc([N+](=O)[O-])cc2)c2csc(NC(=O)CCl)n2)C(=O)N1S(=O)(=O)O.[NaH]. The first-order valence-electron chi connectivity index (χ1n) is 12.3. The number of benzene rings is 1. The van der Waals surface area contributed by atoms with E-state index in [9.17, 15) is 47.1 Å². The third-order valence-electron chi connectivity index (χ3n) is 5.81. The molecule has 0 bridgehead atoms. The Morgan fingerprint density at radius 2 is 1.87 bits per heavy atom. The van der Waals surface area contributed by atoms with Gasteiger partial charge >= 0.3 is 45.8 Å². The molecule has 0 aliphatic carbocycles. The Labute approximate surface area is 291 Å². The molecule has 1 aliphatic rings. The van der Waals surface area contributed by atoms with Gasteiger partial charge in [-0.3, -0.25) is 33.8 Å². The number of nitrogens with one attached hydrogen (secondary N) is 3. The van der Waals surface area contributed by atoms with E-state index in [-0.39, 0.29) is 57.0 Å². The van der Waals surface area contributed by atoms with E-state index in [1.807, 2.05) is 0 Å². The second kappa shape index (κ2) is 15.7. The Hall–Kier alpha value is -3.73. The molecule has 3 rings (SSSR count). The molecule has 4 N–H and O–H groups in total. The molecule has 2 aromatic rings. The van der Waals surface area contributed by atoms with Crippen molar-refractivity contribution in [2.75, 3.05) is 18.2 Å². The number of hydrogen-bond donors (Lipinski definition) is 4. The molecule has 4 amide bonds. The number of ether oxygens (including phenoxy) is 1. The Morgan fingerprint density at radius 1 is 1.24 bits per heavy atom. The zero-order valence-corrected chi connectivity index (χ0v) is 25.8. The van der Waals surface area contributed by atoms with Crippen molar-refractivity contribution in [2.45, 2.75) is 38.1 Å². The normalized spacial score (nSPS) is 16.3. The van der Waals surface area contributed by atoms with Crippen LogP contribution in [-0.2, 0) is 50.5 Å². The third-order valence-corrected chi connectivity index (χ3v) is 7.71. The van der Waals surface area contributed by atoms with Gasteiger partial charge in [-0.05, 0) is 31.5 Å². The molecule has 0 radical (unpaired) electrons. The molecule has 244 valence electrons. The van der Waals surface area contributed by atoms with Crippen LogP contribution in [0.3, 0.4) is 0 Å². The van der Waals surface area contributed by atoms with Crippen molar-refractivity contribution in [3.63, 3.8) is 0 Å². The number of esters is 1. The van der Waals surface area contributed by atoms with Crippen molar-refractivity contribution in [3.8, 4) is 0 Å². The predicted molar refractivity (Wildman–Crippen MR) is 161 cm³/mol. The summed E-state index contributed by atoms with van der Waals surface area (Å²) in [5.41, 5.74) is -2.54. The number of nitrogens with zero attached hydrogens (tertiary/aromatic N) is 4. The molecule has 23 heteroatoms. The molecular formula is C23H25ClN7NaO12S2. The minimum atomic E-state index is -5.17. The monoisotopic (exact) mass is 713 g/mol. The van der Waals surface area contributed by atoms with E-state index >= 15 is 0 Å². The summed E-state index contributed by atoms with van der Waals surface area (Å²) in [7, 11) is -4.04. The topological polar surface area (TPSA) is 266 Å². The van der Waals surface area contributed by atoms with Crippen LogP contribution in [0.4, 0.5) is 10.8 Å². The van der Waals surface area contributed by atoms with Gasteiger partial charge in [0.05, 0.1) is 4.92 Å². The fourth-order valence-electron chi connectivity index (χ4n) is 3.51. The molecule has 2 unspecified atom stereocenters. The summed E-state index contributed by atoms with van der Waals surface area (Å²) in [5, 5.41) is 22.4. The van der Waals surface area contributed by atoms with Crippen LogP contribution in [-0.4, -0.2) is 123 Å². The van der Waals surface area contributed by atoms with Crippen molar-refractivity contribution in [3.05, 3.63) is 51.0 Å². The summed E-state index contributed by atoms with van der Waals surface area (Å²) in [6.07, 6.45) is 0. The number of amides is 4. The average molecular weight is 714 g/mol. The van der Waals surface area contributed by atoms with E-state index in [4.69, 9.17) is 21.2 Å². The number of aromatic nitrogens is 1. The summed E-state index contributed by atoms with van der Waals surface area (Å²) in [5.74, 6) is -5.63. The minimum absolute atomic E-state index is 0. The van der Waals surface area contributed by atoms with Gasteiger partial charge in [-0.2, -0.15) is 12.7 Å².